The Bertz CT molecular complexity index is 968. The van der Waals surface area contributed by atoms with Crippen molar-refractivity contribution < 1.29 is 14.3 Å². The minimum absolute atomic E-state index is 0.0677. The van der Waals surface area contributed by atoms with Crippen LogP contribution in [-0.4, -0.2) is 70.7 Å². The Morgan fingerprint density at radius 2 is 1.86 bits per heavy atom. The van der Waals surface area contributed by atoms with Crippen LogP contribution in [0.15, 0.2) is 16.9 Å². The van der Waals surface area contributed by atoms with Gasteiger partial charge < -0.3 is 19.4 Å². The Balaban J connectivity index is 1.53. The number of H-pyrrole nitrogens is 1. The molecule has 2 aliphatic heterocycles. The average Bonchev–Trinajstić information content (AvgIpc) is 2.97. The van der Waals surface area contributed by atoms with E-state index in [2.05, 4.69) is 14.9 Å². The van der Waals surface area contributed by atoms with Crippen molar-refractivity contribution in [1.82, 2.24) is 19.8 Å². The number of carbonyl (C=O) groups is 1. The van der Waals surface area contributed by atoms with Crippen LogP contribution >= 0.6 is 11.8 Å². The minimum Gasteiger partial charge on any atom is -0.493 e. The zero-order valence-corrected chi connectivity index (χ0v) is 17.1. The number of hydrogen-bond donors (Lipinski definition) is 1. The van der Waals surface area contributed by atoms with Gasteiger partial charge in [0.1, 0.15) is 5.82 Å². The van der Waals surface area contributed by atoms with E-state index in [0.29, 0.717) is 40.5 Å². The number of nitrogens with one attached hydrogen (secondary N) is 1. The predicted octanol–water partition coefficient (Wildman–Crippen LogP) is 1.44. The van der Waals surface area contributed by atoms with Crippen LogP contribution in [0.1, 0.15) is 18.7 Å². The number of nitrogens with zero attached hydrogens (tertiary/aromatic N) is 3. The van der Waals surface area contributed by atoms with E-state index in [1.54, 1.807) is 31.0 Å². The second kappa shape index (κ2) is 7.29. The predicted molar refractivity (Wildman–Crippen MR) is 108 cm³/mol. The normalized spacial score (nSPS) is 19.5. The summed E-state index contributed by atoms with van der Waals surface area (Å²) >= 11 is 1.75. The topological polar surface area (TPSA) is 87.8 Å². The van der Waals surface area contributed by atoms with Gasteiger partial charge in [0.15, 0.2) is 11.5 Å². The van der Waals surface area contributed by atoms with Crippen molar-refractivity contribution in [3.63, 3.8) is 0 Å². The summed E-state index contributed by atoms with van der Waals surface area (Å²) in [6.45, 7) is 2.29. The van der Waals surface area contributed by atoms with Gasteiger partial charge in [-0.05, 0) is 18.9 Å². The van der Waals surface area contributed by atoms with Crippen molar-refractivity contribution in [2.75, 3.05) is 40.1 Å². The van der Waals surface area contributed by atoms with E-state index in [1.807, 2.05) is 11.9 Å². The molecule has 1 amide bonds. The lowest BCUT2D eigenvalue weighted by Gasteiger charge is -2.42. The van der Waals surface area contributed by atoms with Gasteiger partial charge >= 0.3 is 0 Å². The second-order valence-electron chi connectivity index (χ2n) is 7.20. The standard InChI is InChI=1S/C19H24N4O4S/c1-22-17(24)11-28-19(22)4-6-23(7-5-19)10-16-20-13-9-15(27-3)14(26-2)8-12(13)18(25)21-16/h8-9H,4-7,10-11H2,1-3H3,(H,20,21,25). The van der Waals surface area contributed by atoms with Crippen LogP contribution in [0.4, 0.5) is 0 Å². The first-order valence-electron chi connectivity index (χ1n) is 9.24. The Morgan fingerprint density at radius 1 is 1.18 bits per heavy atom. The van der Waals surface area contributed by atoms with Crippen LogP contribution in [0.5, 0.6) is 11.5 Å². The van der Waals surface area contributed by atoms with E-state index in [-0.39, 0.29) is 16.3 Å². The number of thioether (sulfide) groups is 1. The van der Waals surface area contributed by atoms with Gasteiger partial charge in [-0.3, -0.25) is 14.5 Å². The fraction of sp³-hybridized carbons (Fsp3) is 0.526. The summed E-state index contributed by atoms with van der Waals surface area (Å²) in [6, 6.07) is 3.38. The molecular weight excluding hydrogens is 380 g/mol. The zero-order chi connectivity index (χ0) is 19.9. The summed E-state index contributed by atoms with van der Waals surface area (Å²) in [6.07, 6.45) is 1.84. The van der Waals surface area contributed by atoms with Gasteiger partial charge in [-0.15, -0.1) is 11.8 Å². The maximum absolute atomic E-state index is 12.5. The third-order valence-electron chi connectivity index (χ3n) is 5.72. The number of carbonyl (C=O) groups excluding carboxylic acids is 1. The molecule has 0 aliphatic carbocycles. The lowest BCUT2D eigenvalue weighted by Crippen LogP contribution is -2.50. The fourth-order valence-corrected chi connectivity index (χ4v) is 5.31. The van der Waals surface area contributed by atoms with Gasteiger partial charge in [-0.1, -0.05) is 0 Å². The molecule has 1 aromatic heterocycles. The number of benzene rings is 1. The summed E-state index contributed by atoms with van der Waals surface area (Å²) in [4.78, 5) is 36.1. The van der Waals surface area contributed by atoms with Crippen LogP contribution < -0.4 is 15.0 Å². The number of aromatic nitrogens is 2. The first kappa shape index (κ1) is 19.1. The van der Waals surface area contributed by atoms with E-state index in [9.17, 15) is 9.59 Å². The zero-order valence-electron chi connectivity index (χ0n) is 16.3. The van der Waals surface area contributed by atoms with Gasteiger partial charge in [-0.2, -0.15) is 0 Å². The third-order valence-corrected chi connectivity index (χ3v) is 7.33. The second-order valence-corrected chi connectivity index (χ2v) is 8.54. The van der Waals surface area contributed by atoms with E-state index in [1.165, 1.54) is 7.11 Å². The Labute approximate surface area is 167 Å². The highest BCUT2D eigenvalue weighted by atomic mass is 32.2. The molecule has 1 spiro atoms. The number of hydrogen-bond acceptors (Lipinski definition) is 7. The molecule has 0 bridgehead atoms. The Morgan fingerprint density at radius 3 is 2.46 bits per heavy atom. The van der Waals surface area contributed by atoms with E-state index >= 15 is 0 Å². The SMILES string of the molecule is COc1cc2nc(CN3CCC4(CC3)SCC(=O)N4C)[nH]c(=O)c2cc1OC. The molecule has 8 nitrogen and oxygen atoms in total. The Kier molecular flexibility index (Phi) is 4.96. The molecule has 2 saturated heterocycles. The molecule has 0 unspecified atom stereocenters. The van der Waals surface area contributed by atoms with E-state index < -0.39 is 0 Å². The molecule has 2 aromatic rings. The number of likely N-dealkylation sites (tertiary alicyclic amines) is 1. The molecule has 28 heavy (non-hydrogen) atoms. The molecule has 2 aliphatic rings. The molecule has 9 heteroatoms. The minimum atomic E-state index is -0.189. The molecule has 1 N–H and O–H groups in total. The summed E-state index contributed by atoms with van der Waals surface area (Å²) in [5.41, 5.74) is 0.396. The van der Waals surface area contributed by atoms with Crippen molar-refractivity contribution in [1.29, 1.82) is 0 Å². The van der Waals surface area contributed by atoms with Gasteiger partial charge in [-0.25, -0.2) is 4.98 Å². The van der Waals surface area contributed by atoms with Crippen molar-refractivity contribution in [3.05, 3.63) is 28.3 Å². The average molecular weight is 404 g/mol. The van der Waals surface area contributed by atoms with E-state index in [0.717, 1.165) is 25.9 Å². The maximum Gasteiger partial charge on any atom is 0.258 e. The third kappa shape index (κ3) is 3.22. The molecule has 150 valence electrons. The number of aromatic amines is 1. The summed E-state index contributed by atoms with van der Waals surface area (Å²) in [5.74, 6) is 2.46. The molecule has 0 saturated carbocycles. The van der Waals surface area contributed by atoms with Crippen LogP contribution in [0.2, 0.25) is 0 Å². The highest BCUT2D eigenvalue weighted by molar-refractivity contribution is 8.01. The monoisotopic (exact) mass is 404 g/mol. The fourth-order valence-electron chi connectivity index (χ4n) is 3.96. The largest absolute Gasteiger partial charge is 0.493 e. The summed E-state index contributed by atoms with van der Waals surface area (Å²) < 4.78 is 10.6. The van der Waals surface area contributed by atoms with Crippen molar-refractivity contribution in [2.45, 2.75) is 24.3 Å². The molecular formula is C19H24N4O4S. The van der Waals surface area contributed by atoms with Crippen LogP contribution in [-0.2, 0) is 11.3 Å². The van der Waals surface area contributed by atoms with Gasteiger partial charge in [0.2, 0.25) is 5.91 Å². The number of rotatable bonds is 4. The molecule has 4 rings (SSSR count). The van der Waals surface area contributed by atoms with Gasteiger partial charge in [0, 0.05) is 26.2 Å². The number of ether oxygens (including phenoxy) is 2. The van der Waals surface area contributed by atoms with Gasteiger partial charge in [0.25, 0.3) is 5.56 Å². The van der Waals surface area contributed by atoms with E-state index in [4.69, 9.17) is 9.47 Å². The highest BCUT2D eigenvalue weighted by Crippen LogP contribution is 2.43. The lowest BCUT2D eigenvalue weighted by molar-refractivity contribution is -0.129. The van der Waals surface area contributed by atoms with Crippen molar-refractivity contribution in [3.8, 4) is 11.5 Å². The Hall–Kier alpha value is -2.26. The van der Waals surface area contributed by atoms with Crippen LogP contribution in [0, 0.1) is 0 Å². The van der Waals surface area contributed by atoms with Gasteiger partial charge in [0.05, 0.1) is 42.3 Å². The number of piperidine rings is 1. The summed E-state index contributed by atoms with van der Waals surface area (Å²) in [5, 5.41) is 0.474. The maximum atomic E-state index is 12.5. The quantitative estimate of drug-likeness (QED) is 0.825. The number of fused-ring (bicyclic) bond motifs is 1. The smallest absolute Gasteiger partial charge is 0.258 e. The molecule has 3 heterocycles. The first-order valence-corrected chi connectivity index (χ1v) is 10.2. The van der Waals surface area contributed by atoms with Crippen molar-refractivity contribution >= 4 is 28.6 Å². The first-order chi connectivity index (χ1) is 13.5. The molecule has 2 fully saturated rings. The van der Waals surface area contributed by atoms with Crippen molar-refractivity contribution in [2.24, 2.45) is 0 Å². The van der Waals surface area contributed by atoms with Crippen LogP contribution in [0.25, 0.3) is 10.9 Å². The molecule has 0 atom stereocenters. The molecule has 1 aromatic carbocycles. The highest BCUT2D eigenvalue weighted by Gasteiger charge is 2.45. The lowest BCUT2D eigenvalue weighted by atomic mass is 10.0. The number of amides is 1. The number of methoxy groups -OCH3 is 2. The molecule has 0 radical (unpaired) electrons. The van der Waals surface area contributed by atoms with Crippen LogP contribution in [0.3, 0.4) is 0 Å². The summed E-state index contributed by atoms with van der Waals surface area (Å²) in [7, 11) is 5.00.